The highest BCUT2D eigenvalue weighted by Crippen LogP contribution is 2.16. The Bertz CT molecular complexity index is 284. The molecule has 104 valence electrons. The molecule has 0 aromatic heterocycles. The minimum Gasteiger partial charge on any atom is -0.345 e. The van der Waals surface area contributed by atoms with Crippen molar-refractivity contribution in [3.8, 4) is 0 Å². The molecule has 1 saturated heterocycles. The lowest BCUT2D eigenvalue weighted by molar-refractivity contribution is -0.140. The number of hydrogen-bond acceptors (Lipinski definition) is 2. The van der Waals surface area contributed by atoms with E-state index < -0.39 is 0 Å². The predicted molar refractivity (Wildman–Crippen MR) is 72.1 cm³/mol. The third kappa shape index (κ3) is 4.67. The van der Waals surface area contributed by atoms with Gasteiger partial charge in [-0.2, -0.15) is 0 Å². The number of rotatable bonds is 5. The number of unbranched alkanes of at least 4 members (excludes halogenated alkanes) is 1. The molecule has 1 heterocycles. The zero-order valence-corrected chi connectivity index (χ0v) is 11.9. The Kier molecular flexibility index (Phi) is 6.16. The number of hydrogen-bond donors (Lipinski definition) is 0. The van der Waals surface area contributed by atoms with E-state index in [-0.39, 0.29) is 18.2 Å². The second kappa shape index (κ2) is 7.39. The van der Waals surface area contributed by atoms with Gasteiger partial charge in [0.05, 0.1) is 0 Å². The molecule has 4 nitrogen and oxygen atoms in total. The van der Waals surface area contributed by atoms with Gasteiger partial charge in [-0.3, -0.25) is 9.59 Å². The molecule has 4 heteroatoms. The minimum atomic E-state index is -0.0490. The zero-order chi connectivity index (χ0) is 13.5. The summed E-state index contributed by atoms with van der Waals surface area (Å²) in [7, 11) is 1.78. The molecule has 0 atom stereocenters. The van der Waals surface area contributed by atoms with Gasteiger partial charge >= 0.3 is 0 Å². The molecule has 1 rings (SSSR count). The van der Waals surface area contributed by atoms with Crippen LogP contribution in [0, 0.1) is 5.92 Å². The topological polar surface area (TPSA) is 40.6 Å². The molecular formula is C14H26N2O2. The van der Waals surface area contributed by atoms with Crippen molar-refractivity contribution >= 4 is 11.8 Å². The monoisotopic (exact) mass is 254 g/mol. The molecule has 0 aromatic rings. The standard InChI is InChI=1S/C14H26N2O2/c1-4-5-8-15(3)13(17)11-14(18)16-9-6-12(2)7-10-16/h12H,4-11H2,1-3H3. The van der Waals surface area contributed by atoms with Crippen molar-refractivity contribution in [1.82, 2.24) is 9.80 Å². The van der Waals surface area contributed by atoms with E-state index in [0.29, 0.717) is 5.92 Å². The minimum absolute atomic E-state index is 0.00440. The summed E-state index contributed by atoms with van der Waals surface area (Å²) in [5.41, 5.74) is 0. The summed E-state index contributed by atoms with van der Waals surface area (Å²) in [4.78, 5) is 27.3. The van der Waals surface area contributed by atoms with E-state index >= 15 is 0 Å². The highest BCUT2D eigenvalue weighted by molar-refractivity contribution is 5.96. The smallest absolute Gasteiger partial charge is 0.232 e. The first-order chi connectivity index (χ1) is 8.54. The van der Waals surface area contributed by atoms with Crippen molar-refractivity contribution in [2.75, 3.05) is 26.7 Å². The van der Waals surface area contributed by atoms with Crippen molar-refractivity contribution in [2.45, 2.75) is 46.0 Å². The highest BCUT2D eigenvalue weighted by atomic mass is 16.2. The van der Waals surface area contributed by atoms with Gasteiger partial charge in [-0.05, 0) is 25.2 Å². The first kappa shape index (κ1) is 15.0. The lowest BCUT2D eigenvalue weighted by Crippen LogP contribution is -2.40. The Morgan fingerprint density at radius 1 is 1.28 bits per heavy atom. The van der Waals surface area contributed by atoms with Gasteiger partial charge in [0.2, 0.25) is 11.8 Å². The second-order valence-electron chi connectivity index (χ2n) is 5.41. The van der Waals surface area contributed by atoms with Crippen LogP contribution in [-0.2, 0) is 9.59 Å². The Morgan fingerprint density at radius 2 is 1.89 bits per heavy atom. The molecule has 0 unspecified atom stereocenters. The molecule has 0 aromatic carbocycles. The first-order valence-electron chi connectivity index (χ1n) is 7.06. The second-order valence-corrected chi connectivity index (χ2v) is 5.41. The van der Waals surface area contributed by atoms with Crippen molar-refractivity contribution in [3.63, 3.8) is 0 Å². The van der Waals surface area contributed by atoms with Gasteiger partial charge in [-0.25, -0.2) is 0 Å². The van der Waals surface area contributed by atoms with Gasteiger partial charge in [-0.15, -0.1) is 0 Å². The molecule has 0 spiro atoms. The lowest BCUT2D eigenvalue weighted by atomic mass is 9.99. The third-order valence-electron chi connectivity index (χ3n) is 3.71. The van der Waals surface area contributed by atoms with E-state index in [4.69, 9.17) is 0 Å². The average molecular weight is 254 g/mol. The number of nitrogens with zero attached hydrogens (tertiary/aromatic N) is 2. The average Bonchev–Trinajstić information content (AvgIpc) is 2.36. The predicted octanol–water partition coefficient (Wildman–Crippen LogP) is 1.89. The first-order valence-corrected chi connectivity index (χ1v) is 7.06. The largest absolute Gasteiger partial charge is 0.345 e. The van der Waals surface area contributed by atoms with Crippen LogP contribution in [0.15, 0.2) is 0 Å². The maximum Gasteiger partial charge on any atom is 0.232 e. The summed E-state index contributed by atoms with van der Waals surface area (Å²) in [5.74, 6) is 0.652. The Labute approximate surface area is 110 Å². The van der Waals surface area contributed by atoms with Crippen LogP contribution in [0.3, 0.4) is 0 Å². The Balaban J connectivity index is 2.32. The molecule has 0 aliphatic carbocycles. The third-order valence-corrected chi connectivity index (χ3v) is 3.71. The fourth-order valence-electron chi connectivity index (χ4n) is 2.15. The van der Waals surface area contributed by atoms with Crippen molar-refractivity contribution in [3.05, 3.63) is 0 Å². The van der Waals surface area contributed by atoms with Crippen LogP contribution in [0.25, 0.3) is 0 Å². The van der Waals surface area contributed by atoms with Crippen LogP contribution < -0.4 is 0 Å². The maximum atomic E-state index is 12.0. The van der Waals surface area contributed by atoms with Gasteiger partial charge in [0.25, 0.3) is 0 Å². The number of carbonyl (C=O) groups is 2. The van der Waals surface area contributed by atoms with Crippen LogP contribution in [0.1, 0.15) is 46.0 Å². The summed E-state index contributed by atoms with van der Waals surface area (Å²) in [6.45, 7) is 6.68. The molecule has 0 radical (unpaired) electrons. The van der Waals surface area contributed by atoms with Gasteiger partial charge < -0.3 is 9.80 Å². The van der Waals surface area contributed by atoms with E-state index in [1.54, 1.807) is 11.9 Å². The van der Waals surface area contributed by atoms with Crippen LogP contribution in [0.4, 0.5) is 0 Å². The summed E-state index contributed by atoms with van der Waals surface area (Å²) in [6.07, 6.45) is 4.22. The van der Waals surface area contributed by atoms with E-state index in [9.17, 15) is 9.59 Å². The van der Waals surface area contributed by atoms with Crippen LogP contribution in [-0.4, -0.2) is 48.3 Å². The van der Waals surface area contributed by atoms with Crippen molar-refractivity contribution in [1.29, 1.82) is 0 Å². The fourth-order valence-corrected chi connectivity index (χ4v) is 2.15. The van der Waals surface area contributed by atoms with Gasteiger partial charge in [0.15, 0.2) is 0 Å². The molecular weight excluding hydrogens is 228 g/mol. The molecule has 0 N–H and O–H groups in total. The molecule has 1 aliphatic rings. The Morgan fingerprint density at radius 3 is 2.44 bits per heavy atom. The van der Waals surface area contributed by atoms with Gasteiger partial charge in [0, 0.05) is 26.7 Å². The van der Waals surface area contributed by atoms with Gasteiger partial charge in [-0.1, -0.05) is 20.3 Å². The lowest BCUT2D eigenvalue weighted by Gasteiger charge is -2.30. The van der Waals surface area contributed by atoms with E-state index in [0.717, 1.165) is 45.3 Å². The molecule has 1 fully saturated rings. The normalized spacial score (nSPS) is 16.7. The number of piperidine rings is 1. The molecule has 0 bridgehead atoms. The molecule has 1 aliphatic heterocycles. The zero-order valence-electron chi connectivity index (χ0n) is 11.9. The summed E-state index contributed by atoms with van der Waals surface area (Å²) in [5, 5.41) is 0. The summed E-state index contributed by atoms with van der Waals surface area (Å²) >= 11 is 0. The maximum absolute atomic E-state index is 12.0. The highest BCUT2D eigenvalue weighted by Gasteiger charge is 2.23. The number of carbonyl (C=O) groups excluding carboxylic acids is 2. The molecule has 2 amide bonds. The summed E-state index contributed by atoms with van der Waals surface area (Å²) in [6, 6.07) is 0. The van der Waals surface area contributed by atoms with E-state index in [2.05, 4.69) is 13.8 Å². The number of likely N-dealkylation sites (tertiary alicyclic amines) is 1. The summed E-state index contributed by atoms with van der Waals surface area (Å²) < 4.78 is 0. The quantitative estimate of drug-likeness (QED) is 0.703. The van der Waals surface area contributed by atoms with E-state index in [1.807, 2.05) is 4.90 Å². The van der Waals surface area contributed by atoms with Crippen LogP contribution >= 0.6 is 0 Å². The fraction of sp³-hybridized carbons (Fsp3) is 0.857. The van der Waals surface area contributed by atoms with Crippen LogP contribution in [0.5, 0.6) is 0 Å². The van der Waals surface area contributed by atoms with Crippen LogP contribution in [0.2, 0.25) is 0 Å². The van der Waals surface area contributed by atoms with Crippen molar-refractivity contribution < 1.29 is 9.59 Å². The van der Waals surface area contributed by atoms with Gasteiger partial charge in [0.1, 0.15) is 6.42 Å². The SMILES string of the molecule is CCCCN(C)C(=O)CC(=O)N1CCC(C)CC1. The number of amides is 2. The molecule has 0 saturated carbocycles. The Hall–Kier alpha value is -1.06. The molecule has 18 heavy (non-hydrogen) atoms. The van der Waals surface area contributed by atoms with Crippen molar-refractivity contribution in [2.24, 2.45) is 5.92 Å². The van der Waals surface area contributed by atoms with E-state index in [1.165, 1.54) is 0 Å².